The van der Waals surface area contributed by atoms with Gasteiger partial charge in [-0.3, -0.25) is 0 Å². The van der Waals surface area contributed by atoms with Gasteiger partial charge < -0.3 is 4.57 Å². The third-order valence-electron chi connectivity index (χ3n) is 2.51. The number of nitrogens with zero attached hydrogens (tertiary/aromatic N) is 1. The maximum absolute atomic E-state index is 6.20. The summed E-state index contributed by atoms with van der Waals surface area (Å²) in [5.41, 5.74) is 1.15. The fourth-order valence-electron chi connectivity index (χ4n) is 1.75. The molecule has 1 aromatic carbocycles. The molecule has 0 aliphatic rings. The minimum Gasteiger partial charge on any atom is -0.346 e. The van der Waals surface area contributed by atoms with Gasteiger partial charge in [0.15, 0.2) is 0 Å². The van der Waals surface area contributed by atoms with E-state index in [4.69, 9.17) is 11.6 Å². The van der Waals surface area contributed by atoms with Gasteiger partial charge in [-0.15, -0.1) is 0 Å². The Labute approximate surface area is 103 Å². The molecule has 1 nitrogen and oxygen atoms in total. The summed E-state index contributed by atoms with van der Waals surface area (Å²) in [6.45, 7) is 3.22. The van der Waals surface area contributed by atoms with Crippen LogP contribution in [-0.4, -0.2) is 9.90 Å². The highest BCUT2D eigenvalue weighted by atomic mass is 79.9. The van der Waals surface area contributed by atoms with Crippen molar-refractivity contribution < 1.29 is 0 Å². The largest absolute Gasteiger partial charge is 0.346 e. The summed E-state index contributed by atoms with van der Waals surface area (Å²) in [6.07, 6.45) is 2.11. The summed E-state index contributed by atoms with van der Waals surface area (Å²) >= 11 is 9.69. The molecule has 0 saturated carbocycles. The van der Waals surface area contributed by atoms with Crippen molar-refractivity contribution in [1.29, 1.82) is 0 Å². The summed E-state index contributed by atoms with van der Waals surface area (Å²) in [5, 5.41) is 3.06. The van der Waals surface area contributed by atoms with Crippen LogP contribution in [0.25, 0.3) is 10.9 Å². The molecule has 15 heavy (non-hydrogen) atoms. The molecule has 1 atom stereocenters. The standard InChI is InChI=1S/C12H13BrClN/c1-9(7-13)8-15-6-5-10-3-2-4-11(14)12(10)15/h2-6,9H,7-8H2,1H3. The highest BCUT2D eigenvalue weighted by molar-refractivity contribution is 9.09. The van der Waals surface area contributed by atoms with Crippen LogP contribution in [0, 0.1) is 5.92 Å². The monoisotopic (exact) mass is 285 g/mol. The molecule has 80 valence electrons. The maximum atomic E-state index is 6.20. The number of hydrogen-bond acceptors (Lipinski definition) is 0. The Kier molecular flexibility index (Phi) is 3.37. The molecule has 0 aliphatic heterocycles. The van der Waals surface area contributed by atoms with Crippen molar-refractivity contribution in [3.8, 4) is 0 Å². The first-order valence-electron chi connectivity index (χ1n) is 5.01. The average Bonchev–Trinajstić information content (AvgIpc) is 2.63. The fourth-order valence-corrected chi connectivity index (χ4v) is 2.25. The first-order chi connectivity index (χ1) is 7.22. The Morgan fingerprint density at radius 2 is 2.20 bits per heavy atom. The van der Waals surface area contributed by atoms with E-state index in [-0.39, 0.29) is 0 Å². The first-order valence-corrected chi connectivity index (χ1v) is 6.51. The molecule has 0 radical (unpaired) electrons. The van der Waals surface area contributed by atoms with E-state index in [2.05, 4.69) is 45.8 Å². The minimum atomic E-state index is 0.608. The van der Waals surface area contributed by atoms with Gasteiger partial charge in [-0.05, 0) is 18.1 Å². The van der Waals surface area contributed by atoms with Crippen LogP contribution >= 0.6 is 27.5 Å². The first kappa shape index (κ1) is 11.0. The number of alkyl halides is 1. The van der Waals surface area contributed by atoms with E-state index >= 15 is 0 Å². The van der Waals surface area contributed by atoms with Gasteiger partial charge >= 0.3 is 0 Å². The van der Waals surface area contributed by atoms with Gasteiger partial charge in [-0.1, -0.05) is 46.6 Å². The van der Waals surface area contributed by atoms with E-state index in [1.807, 2.05) is 12.1 Å². The number of para-hydroxylation sites is 1. The second kappa shape index (κ2) is 4.58. The zero-order chi connectivity index (χ0) is 10.8. The maximum Gasteiger partial charge on any atom is 0.0669 e. The number of fused-ring (bicyclic) bond motifs is 1. The average molecular weight is 287 g/mol. The molecule has 0 aliphatic carbocycles. The molecule has 0 spiro atoms. The third-order valence-corrected chi connectivity index (χ3v) is 3.92. The molecular formula is C12H13BrClN. The van der Waals surface area contributed by atoms with Crippen LogP contribution in [0.4, 0.5) is 0 Å². The van der Waals surface area contributed by atoms with E-state index in [9.17, 15) is 0 Å². The Hall–Kier alpha value is -0.470. The van der Waals surface area contributed by atoms with Crippen molar-refractivity contribution in [1.82, 2.24) is 4.57 Å². The van der Waals surface area contributed by atoms with Gasteiger partial charge in [0.05, 0.1) is 10.5 Å². The fraction of sp³-hybridized carbons (Fsp3) is 0.333. The molecule has 2 aromatic rings. The summed E-state index contributed by atoms with van der Waals surface area (Å²) in [5.74, 6) is 0.608. The van der Waals surface area contributed by atoms with Crippen molar-refractivity contribution in [2.24, 2.45) is 5.92 Å². The van der Waals surface area contributed by atoms with Gasteiger partial charge in [0, 0.05) is 23.5 Å². The van der Waals surface area contributed by atoms with Crippen molar-refractivity contribution in [3.63, 3.8) is 0 Å². The van der Waals surface area contributed by atoms with Crippen molar-refractivity contribution in [2.45, 2.75) is 13.5 Å². The molecule has 2 rings (SSSR count). The molecule has 0 amide bonds. The molecule has 0 bridgehead atoms. The van der Waals surface area contributed by atoms with Crippen LogP contribution in [0.2, 0.25) is 5.02 Å². The number of aromatic nitrogens is 1. The van der Waals surface area contributed by atoms with Gasteiger partial charge in [-0.2, -0.15) is 0 Å². The van der Waals surface area contributed by atoms with E-state index in [1.54, 1.807) is 0 Å². The predicted octanol–water partition coefficient (Wildman–Crippen LogP) is 4.33. The van der Waals surface area contributed by atoms with Gasteiger partial charge in [0.2, 0.25) is 0 Å². The topological polar surface area (TPSA) is 4.93 Å². The number of rotatable bonds is 3. The Morgan fingerprint density at radius 1 is 1.40 bits per heavy atom. The number of halogens is 2. The molecular weight excluding hydrogens is 273 g/mol. The van der Waals surface area contributed by atoms with Gasteiger partial charge in [-0.25, -0.2) is 0 Å². The van der Waals surface area contributed by atoms with E-state index in [0.29, 0.717) is 5.92 Å². The van der Waals surface area contributed by atoms with E-state index in [0.717, 1.165) is 22.4 Å². The Morgan fingerprint density at radius 3 is 2.93 bits per heavy atom. The second-order valence-corrected chi connectivity index (χ2v) is 4.96. The quantitative estimate of drug-likeness (QED) is 0.740. The predicted molar refractivity (Wildman–Crippen MR) is 69.9 cm³/mol. The SMILES string of the molecule is CC(CBr)Cn1ccc2cccc(Cl)c21. The third kappa shape index (κ3) is 2.21. The highest BCUT2D eigenvalue weighted by Crippen LogP contribution is 2.25. The van der Waals surface area contributed by atoms with Crippen LogP contribution in [0.3, 0.4) is 0 Å². The van der Waals surface area contributed by atoms with E-state index < -0.39 is 0 Å². The molecule has 1 heterocycles. The summed E-state index contributed by atoms with van der Waals surface area (Å²) in [6, 6.07) is 8.14. The zero-order valence-corrected chi connectivity index (χ0v) is 10.9. The van der Waals surface area contributed by atoms with Crippen LogP contribution in [0.5, 0.6) is 0 Å². The normalized spacial score (nSPS) is 13.3. The second-order valence-electron chi connectivity index (χ2n) is 3.91. The van der Waals surface area contributed by atoms with Crippen LogP contribution in [0.15, 0.2) is 30.5 Å². The van der Waals surface area contributed by atoms with Crippen LogP contribution in [-0.2, 0) is 6.54 Å². The van der Waals surface area contributed by atoms with Crippen molar-refractivity contribution in [2.75, 3.05) is 5.33 Å². The van der Waals surface area contributed by atoms with Gasteiger partial charge in [0.1, 0.15) is 0 Å². The van der Waals surface area contributed by atoms with E-state index in [1.165, 1.54) is 5.39 Å². The summed E-state index contributed by atoms with van der Waals surface area (Å²) < 4.78 is 2.23. The minimum absolute atomic E-state index is 0.608. The molecule has 1 aromatic heterocycles. The lowest BCUT2D eigenvalue weighted by molar-refractivity contribution is 0.546. The lowest BCUT2D eigenvalue weighted by Crippen LogP contribution is -2.07. The van der Waals surface area contributed by atoms with Crippen LogP contribution in [0.1, 0.15) is 6.92 Å². The molecule has 0 N–H and O–H groups in total. The molecule has 3 heteroatoms. The van der Waals surface area contributed by atoms with Gasteiger partial charge in [0.25, 0.3) is 0 Å². The zero-order valence-electron chi connectivity index (χ0n) is 8.58. The van der Waals surface area contributed by atoms with Crippen molar-refractivity contribution >= 4 is 38.4 Å². The van der Waals surface area contributed by atoms with Crippen LogP contribution < -0.4 is 0 Å². The molecule has 0 fully saturated rings. The smallest absolute Gasteiger partial charge is 0.0669 e. The number of hydrogen-bond donors (Lipinski definition) is 0. The summed E-state index contributed by atoms with van der Waals surface area (Å²) in [7, 11) is 0. The molecule has 1 unspecified atom stereocenters. The Bertz CT molecular complexity index is 464. The van der Waals surface area contributed by atoms with Crippen molar-refractivity contribution in [3.05, 3.63) is 35.5 Å². The lowest BCUT2D eigenvalue weighted by Gasteiger charge is -2.11. The Balaban J connectivity index is 2.43. The molecule has 0 saturated heterocycles. The number of benzene rings is 1. The highest BCUT2D eigenvalue weighted by Gasteiger charge is 2.07. The lowest BCUT2D eigenvalue weighted by atomic mass is 10.2. The summed E-state index contributed by atoms with van der Waals surface area (Å²) in [4.78, 5) is 0.